The van der Waals surface area contributed by atoms with E-state index in [1.807, 2.05) is 18.2 Å². The standard InChI is InChI=1S/C14H14Br2N2O/c1-9-3-2-4-18-13(9)8-17-7-10-5-11(15)14(19)12(16)6-10/h2-6,17,19H,7-8H2,1H3. The van der Waals surface area contributed by atoms with Gasteiger partial charge in [0.2, 0.25) is 0 Å². The van der Waals surface area contributed by atoms with E-state index in [1.165, 1.54) is 5.56 Å². The molecule has 1 aromatic heterocycles. The number of rotatable bonds is 4. The van der Waals surface area contributed by atoms with Crippen molar-refractivity contribution >= 4 is 31.9 Å². The Hall–Kier alpha value is -0.910. The van der Waals surface area contributed by atoms with E-state index in [2.05, 4.69) is 55.2 Å². The minimum absolute atomic E-state index is 0.226. The molecule has 2 N–H and O–H groups in total. The van der Waals surface area contributed by atoms with E-state index >= 15 is 0 Å². The largest absolute Gasteiger partial charge is 0.506 e. The normalized spacial score (nSPS) is 10.7. The van der Waals surface area contributed by atoms with E-state index < -0.39 is 0 Å². The highest BCUT2D eigenvalue weighted by molar-refractivity contribution is 9.11. The summed E-state index contributed by atoms with van der Waals surface area (Å²) in [5, 5.41) is 13.0. The van der Waals surface area contributed by atoms with Gasteiger partial charge in [-0.3, -0.25) is 4.98 Å². The van der Waals surface area contributed by atoms with Crippen LogP contribution in [-0.4, -0.2) is 10.1 Å². The Kier molecular flexibility index (Phi) is 4.96. The van der Waals surface area contributed by atoms with Crippen molar-refractivity contribution in [1.82, 2.24) is 10.3 Å². The molecule has 19 heavy (non-hydrogen) atoms. The van der Waals surface area contributed by atoms with Crippen LogP contribution in [0.25, 0.3) is 0 Å². The highest BCUT2D eigenvalue weighted by Gasteiger charge is 2.06. The lowest BCUT2D eigenvalue weighted by molar-refractivity contribution is 0.468. The number of pyridine rings is 1. The van der Waals surface area contributed by atoms with E-state index in [0.29, 0.717) is 15.5 Å². The minimum Gasteiger partial charge on any atom is -0.506 e. The van der Waals surface area contributed by atoms with Crippen LogP contribution in [0.2, 0.25) is 0 Å². The van der Waals surface area contributed by atoms with Gasteiger partial charge >= 0.3 is 0 Å². The zero-order valence-corrected chi connectivity index (χ0v) is 13.6. The van der Waals surface area contributed by atoms with Gasteiger partial charge in [-0.25, -0.2) is 0 Å². The minimum atomic E-state index is 0.226. The number of nitrogens with one attached hydrogen (secondary N) is 1. The Balaban J connectivity index is 1.98. The van der Waals surface area contributed by atoms with Gasteiger partial charge in [0.1, 0.15) is 5.75 Å². The zero-order chi connectivity index (χ0) is 13.8. The number of aryl methyl sites for hydroxylation is 1. The van der Waals surface area contributed by atoms with Crippen molar-refractivity contribution in [2.75, 3.05) is 0 Å². The molecule has 0 atom stereocenters. The summed E-state index contributed by atoms with van der Waals surface area (Å²) in [4.78, 5) is 4.34. The van der Waals surface area contributed by atoms with Crippen molar-refractivity contribution in [3.63, 3.8) is 0 Å². The predicted octanol–water partition coefficient (Wildman–Crippen LogP) is 3.91. The van der Waals surface area contributed by atoms with E-state index in [4.69, 9.17) is 0 Å². The first-order valence-corrected chi connectivity index (χ1v) is 7.44. The number of halogens is 2. The number of nitrogens with zero attached hydrogens (tertiary/aromatic N) is 1. The fraction of sp³-hybridized carbons (Fsp3) is 0.214. The third-order valence-corrected chi connectivity index (χ3v) is 4.03. The molecule has 100 valence electrons. The monoisotopic (exact) mass is 384 g/mol. The molecule has 5 heteroatoms. The molecule has 2 aromatic rings. The second-order valence-electron chi connectivity index (χ2n) is 4.28. The first kappa shape index (κ1) is 14.5. The highest BCUT2D eigenvalue weighted by atomic mass is 79.9. The molecule has 0 spiro atoms. The van der Waals surface area contributed by atoms with Crippen LogP contribution in [0.3, 0.4) is 0 Å². The molecular formula is C14H14Br2N2O. The van der Waals surface area contributed by atoms with Crippen molar-refractivity contribution in [2.45, 2.75) is 20.0 Å². The third kappa shape index (κ3) is 3.78. The Morgan fingerprint density at radius 2 is 1.89 bits per heavy atom. The number of phenolic OH excluding ortho intramolecular Hbond substituents is 1. The molecule has 0 unspecified atom stereocenters. The Labute approximate surface area is 129 Å². The molecule has 2 rings (SSSR count). The molecule has 0 aliphatic rings. The summed E-state index contributed by atoms with van der Waals surface area (Å²) in [6, 6.07) is 7.79. The maximum absolute atomic E-state index is 9.65. The van der Waals surface area contributed by atoms with Crippen LogP contribution < -0.4 is 5.32 Å². The second-order valence-corrected chi connectivity index (χ2v) is 5.99. The molecule has 0 saturated heterocycles. The van der Waals surface area contributed by atoms with E-state index in [-0.39, 0.29) is 5.75 Å². The molecule has 0 saturated carbocycles. The predicted molar refractivity (Wildman–Crippen MR) is 83.0 cm³/mol. The number of hydrogen-bond acceptors (Lipinski definition) is 3. The van der Waals surface area contributed by atoms with Crippen molar-refractivity contribution in [2.24, 2.45) is 0 Å². The van der Waals surface area contributed by atoms with Crippen molar-refractivity contribution < 1.29 is 5.11 Å². The summed E-state index contributed by atoms with van der Waals surface area (Å²) in [5.74, 6) is 0.226. The fourth-order valence-corrected chi connectivity index (χ4v) is 3.03. The lowest BCUT2D eigenvalue weighted by atomic mass is 10.2. The van der Waals surface area contributed by atoms with E-state index in [9.17, 15) is 5.11 Å². The van der Waals surface area contributed by atoms with Crippen LogP contribution in [0.1, 0.15) is 16.8 Å². The molecule has 0 aliphatic heterocycles. The number of aromatic nitrogens is 1. The second kappa shape index (κ2) is 6.50. The first-order chi connectivity index (χ1) is 9.08. The Morgan fingerprint density at radius 3 is 2.53 bits per heavy atom. The van der Waals surface area contributed by atoms with Gasteiger partial charge in [0.15, 0.2) is 0 Å². The summed E-state index contributed by atoms with van der Waals surface area (Å²) in [6.45, 7) is 3.49. The summed E-state index contributed by atoms with van der Waals surface area (Å²) >= 11 is 6.65. The molecule has 0 aliphatic carbocycles. The van der Waals surface area contributed by atoms with Crippen LogP contribution in [0.15, 0.2) is 39.4 Å². The maximum atomic E-state index is 9.65. The van der Waals surface area contributed by atoms with Crippen LogP contribution in [0, 0.1) is 6.92 Å². The van der Waals surface area contributed by atoms with Crippen LogP contribution in [-0.2, 0) is 13.1 Å². The maximum Gasteiger partial charge on any atom is 0.143 e. The average Bonchev–Trinajstić information content (AvgIpc) is 2.38. The van der Waals surface area contributed by atoms with Gasteiger partial charge in [-0.05, 0) is 68.1 Å². The SMILES string of the molecule is Cc1cccnc1CNCc1cc(Br)c(O)c(Br)c1. The highest BCUT2D eigenvalue weighted by Crippen LogP contribution is 2.33. The van der Waals surface area contributed by atoms with Gasteiger partial charge < -0.3 is 10.4 Å². The quantitative estimate of drug-likeness (QED) is 0.838. The van der Waals surface area contributed by atoms with Crippen LogP contribution in [0.5, 0.6) is 5.75 Å². The number of phenols is 1. The van der Waals surface area contributed by atoms with Gasteiger partial charge in [0.05, 0.1) is 14.6 Å². The molecule has 0 bridgehead atoms. The van der Waals surface area contributed by atoms with Crippen LogP contribution in [0.4, 0.5) is 0 Å². The summed E-state index contributed by atoms with van der Waals surface area (Å²) in [6.07, 6.45) is 1.80. The third-order valence-electron chi connectivity index (χ3n) is 2.82. The fourth-order valence-electron chi connectivity index (χ4n) is 1.75. The lowest BCUT2D eigenvalue weighted by Crippen LogP contribution is -2.14. The van der Waals surface area contributed by atoms with E-state index in [1.54, 1.807) is 6.20 Å². The van der Waals surface area contributed by atoms with Gasteiger partial charge in [0, 0.05) is 19.3 Å². The van der Waals surface area contributed by atoms with E-state index in [0.717, 1.165) is 17.8 Å². The van der Waals surface area contributed by atoms with Gasteiger partial charge in [0.25, 0.3) is 0 Å². The summed E-state index contributed by atoms with van der Waals surface area (Å²) in [5.41, 5.74) is 3.33. The van der Waals surface area contributed by atoms with Gasteiger partial charge in [-0.1, -0.05) is 6.07 Å². The first-order valence-electron chi connectivity index (χ1n) is 5.86. The van der Waals surface area contributed by atoms with Gasteiger partial charge in [-0.15, -0.1) is 0 Å². The Bertz CT molecular complexity index is 564. The average molecular weight is 386 g/mol. The lowest BCUT2D eigenvalue weighted by Gasteiger charge is -2.09. The molecular weight excluding hydrogens is 372 g/mol. The molecule has 1 heterocycles. The van der Waals surface area contributed by atoms with Crippen molar-refractivity contribution in [3.8, 4) is 5.75 Å². The molecule has 3 nitrogen and oxygen atoms in total. The summed E-state index contributed by atoms with van der Waals surface area (Å²) < 4.78 is 1.38. The van der Waals surface area contributed by atoms with Crippen molar-refractivity contribution in [1.29, 1.82) is 0 Å². The number of aromatic hydroxyl groups is 1. The molecule has 1 aromatic carbocycles. The Morgan fingerprint density at radius 1 is 1.21 bits per heavy atom. The number of benzene rings is 1. The molecule has 0 amide bonds. The number of hydrogen-bond donors (Lipinski definition) is 2. The smallest absolute Gasteiger partial charge is 0.143 e. The van der Waals surface area contributed by atoms with Crippen LogP contribution >= 0.6 is 31.9 Å². The molecule has 0 fully saturated rings. The topological polar surface area (TPSA) is 45.2 Å². The zero-order valence-electron chi connectivity index (χ0n) is 10.5. The molecule has 0 radical (unpaired) electrons. The summed E-state index contributed by atoms with van der Waals surface area (Å²) in [7, 11) is 0. The van der Waals surface area contributed by atoms with Gasteiger partial charge in [-0.2, -0.15) is 0 Å². The van der Waals surface area contributed by atoms with Crippen molar-refractivity contribution in [3.05, 3.63) is 56.2 Å².